The Kier molecular flexibility index (Phi) is 31.0. The largest absolute Gasteiger partial charge is 0.379 e. The van der Waals surface area contributed by atoms with Crippen LogP contribution in [0.3, 0.4) is 0 Å². The summed E-state index contributed by atoms with van der Waals surface area (Å²) in [6.45, 7) is 4.71. The van der Waals surface area contributed by atoms with Gasteiger partial charge < -0.3 is 41.6 Å². The number of primary amides is 1. The number of nitrogens with one attached hydrogen (secondary N) is 3. The zero-order valence-electron chi connectivity index (χ0n) is 26.9. The Morgan fingerprint density at radius 1 is 0.568 bits per heavy atom. The van der Waals surface area contributed by atoms with Gasteiger partial charge in [-0.2, -0.15) is 12.6 Å². The van der Waals surface area contributed by atoms with Crippen LogP contribution in [-0.4, -0.2) is 94.7 Å². The van der Waals surface area contributed by atoms with Gasteiger partial charge in [-0.1, -0.05) is 38.5 Å². The smallest absolute Gasteiger partial charge is 0.239 e. The van der Waals surface area contributed by atoms with Crippen molar-refractivity contribution in [1.82, 2.24) is 16.0 Å². The summed E-state index contributed by atoms with van der Waals surface area (Å²) in [5.41, 5.74) is 10.9. The highest BCUT2D eigenvalue weighted by Crippen LogP contribution is 2.10. The summed E-state index contributed by atoms with van der Waals surface area (Å²) in [7, 11) is 0. The van der Waals surface area contributed by atoms with E-state index in [0.717, 1.165) is 31.4 Å². The maximum absolute atomic E-state index is 12.2. The van der Waals surface area contributed by atoms with Gasteiger partial charge >= 0.3 is 0 Å². The second kappa shape index (κ2) is 32.5. The molecule has 0 saturated heterocycles. The number of amides is 4. The summed E-state index contributed by atoms with van der Waals surface area (Å²) in [4.78, 5) is 48.0. The fraction of sp³-hybridized carbons (Fsp3) is 0.871. The van der Waals surface area contributed by atoms with Crippen LogP contribution in [0.15, 0.2) is 0 Å². The Morgan fingerprint density at radius 3 is 1.61 bits per heavy atom. The van der Waals surface area contributed by atoms with Crippen LogP contribution in [0.1, 0.15) is 103 Å². The molecule has 0 aromatic rings. The average molecular weight is 648 g/mol. The van der Waals surface area contributed by atoms with E-state index in [2.05, 4.69) is 28.6 Å². The van der Waals surface area contributed by atoms with Crippen molar-refractivity contribution < 1.29 is 33.4 Å². The highest BCUT2D eigenvalue weighted by molar-refractivity contribution is 7.80. The number of rotatable bonds is 33. The van der Waals surface area contributed by atoms with E-state index in [9.17, 15) is 19.2 Å². The van der Waals surface area contributed by atoms with Crippen molar-refractivity contribution in [2.75, 3.05) is 65.0 Å². The van der Waals surface area contributed by atoms with E-state index in [1.165, 1.54) is 32.1 Å². The van der Waals surface area contributed by atoms with Gasteiger partial charge in [0.2, 0.25) is 23.6 Å². The van der Waals surface area contributed by atoms with E-state index in [4.69, 9.17) is 25.7 Å². The molecule has 0 heterocycles. The Bertz CT molecular complexity index is 734. The molecule has 0 aliphatic heterocycles. The molecule has 0 spiro atoms. The number of ether oxygens (including phenoxy) is 3. The molecule has 0 aliphatic carbocycles. The molecule has 0 radical (unpaired) electrons. The number of hydrogen-bond donors (Lipinski definition) is 6. The first kappa shape index (κ1) is 42.1. The molecule has 44 heavy (non-hydrogen) atoms. The van der Waals surface area contributed by atoms with E-state index in [0.29, 0.717) is 91.4 Å². The molecule has 258 valence electrons. The molecule has 0 bridgehead atoms. The fourth-order valence-corrected chi connectivity index (χ4v) is 4.47. The van der Waals surface area contributed by atoms with Crippen LogP contribution < -0.4 is 27.4 Å². The summed E-state index contributed by atoms with van der Waals surface area (Å²) < 4.78 is 16.2. The van der Waals surface area contributed by atoms with E-state index >= 15 is 0 Å². The van der Waals surface area contributed by atoms with Crippen molar-refractivity contribution in [3.63, 3.8) is 0 Å². The third kappa shape index (κ3) is 30.1. The zero-order valence-corrected chi connectivity index (χ0v) is 27.8. The molecule has 0 aliphatic rings. The van der Waals surface area contributed by atoms with Crippen molar-refractivity contribution >= 4 is 36.3 Å². The number of nitrogens with two attached hydrogens (primary N) is 2. The first-order chi connectivity index (χ1) is 21.4. The Balaban J connectivity index is 3.69. The van der Waals surface area contributed by atoms with Gasteiger partial charge in [-0.25, -0.2) is 0 Å². The molecule has 0 aromatic carbocycles. The molecule has 1 atom stereocenters. The Hall–Kier alpha value is -1.93. The fourth-order valence-electron chi connectivity index (χ4n) is 4.24. The number of carbonyl (C=O) groups excluding carboxylic acids is 4. The third-order valence-corrected chi connectivity index (χ3v) is 7.15. The first-order valence-corrected chi connectivity index (χ1v) is 17.2. The second-order valence-electron chi connectivity index (χ2n) is 10.9. The van der Waals surface area contributed by atoms with E-state index in [1.807, 2.05) is 0 Å². The normalized spacial score (nSPS) is 11.7. The second-order valence-corrected chi connectivity index (χ2v) is 11.3. The lowest BCUT2D eigenvalue weighted by atomic mass is 10.1. The highest BCUT2D eigenvalue weighted by Gasteiger charge is 2.17. The average Bonchev–Trinajstić information content (AvgIpc) is 3.00. The predicted octanol–water partition coefficient (Wildman–Crippen LogP) is 2.37. The van der Waals surface area contributed by atoms with Crippen LogP contribution in [-0.2, 0) is 33.4 Å². The number of hydrogen-bond acceptors (Lipinski definition) is 9. The molecule has 12 nitrogen and oxygen atoms in total. The van der Waals surface area contributed by atoms with Gasteiger partial charge in [0.05, 0.1) is 26.4 Å². The molecule has 0 saturated carbocycles. The summed E-state index contributed by atoms with van der Waals surface area (Å²) in [6.07, 6.45) is 12.8. The summed E-state index contributed by atoms with van der Waals surface area (Å²) in [5, 5.41) is 8.32. The van der Waals surface area contributed by atoms with Crippen molar-refractivity contribution in [1.29, 1.82) is 0 Å². The molecule has 13 heteroatoms. The van der Waals surface area contributed by atoms with Crippen LogP contribution in [0.4, 0.5) is 0 Å². The molecular formula is C31H61N5O7S. The predicted molar refractivity (Wildman–Crippen MR) is 176 cm³/mol. The van der Waals surface area contributed by atoms with Crippen molar-refractivity contribution in [3.05, 3.63) is 0 Å². The van der Waals surface area contributed by atoms with Crippen LogP contribution >= 0.6 is 12.6 Å². The number of unbranched alkanes of at least 4 members (excludes halogenated alkanes) is 8. The van der Waals surface area contributed by atoms with Gasteiger partial charge in [-0.15, -0.1) is 0 Å². The van der Waals surface area contributed by atoms with Crippen molar-refractivity contribution in [2.45, 2.75) is 109 Å². The lowest BCUT2D eigenvalue weighted by Crippen LogP contribution is -2.44. The lowest BCUT2D eigenvalue weighted by molar-refractivity contribution is -0.127. The van der Waals surface area contributed by atoms with Crippen molar-refractivity contribution in [2.24, 2.45) is 11.5 Å². The van der Waals surface area contributed by atoms with Crippen LogP contribution in [0.5, 0.6) is 0 Å². The number of thiol groups is 1. The standard InChI is InChI=1S/C31H61N5O7S/c32-17-11-20-41-22-24-43-25-23-42-21-12-19-35-29(38)16-15-28(37)34-18-9-8-13-27(31(33)40)36-30(39)14-7-5-3-1-2-4-6-10-26-44/h27,44H,1-26,32H2,(H2,33,40)(H,34,37)(H,35,38)(H,36,39). The van der Waals surface area contributed by atoms with Crippen LogP contribution in [0.2, 0.25) is 0 Å². The van der Waals surface area contributed by atoms with Gasteiger partial charge in [-0.3, -0.25) is 19.2 Å². The minimum absolute atomic E-state index is 0.103. The molecule has 0 aromatic heterocycles. The molecule has 0 fully saturated rings. The quantitative estimate of drug-likeness (QED) is 0.0463. The minimum Gasteiger partial charge on any atom is -0.379 e. The summed E-state index contributed by atoms with van der Waals surface area (Å²) in [5.74, 6) is -0.136. The SMILES string of the molecule is NCCCOCCOCCOCCCNC(=O)CCC(=O)NCCCCC(NC(=O)CCCCCCCCCCS)C(N)=O. The van der Waals surface area contributed by atoms with E-state index in [-0.39, 0.29) is 30.6 Å². The minimum atomic E-state index is -0.704. The van der Waals surface area contributed by atoms with Crippen LogP contribution in [0, 0.1) is 0 Å². The van der Waals surface area contributed by atoms with Gasteiger partial charge in [0.25, 0.3) is 0 Å². The maximum atomic E-state index is 12.2. The zero-order chi connectivity index (χ0) is 32.5. The van der Waals surface area contributed by atoms with Gasteiger partial charge in [0.15, 0.2) is 0 Å². The number of carbonyl (C=O) groups is 4. The highest BCUT2D eigenvalue weighted by atomic mass is 32.1. The van der Waals surface area contributed by atoms with E-state index < -0.39 is 11.9 Å². The monoisotopic (exact) mass is 647 g/mol. The van der Waals surface area contributed by atoms with Crippen LogP contribution in [0.25, 0.3) is 0 Å². The molecule has 0 rings (SSSR count). The molecular weight excluding hydrogens is 586 g/mol. The van der Waals surface area contributed by atoms with Crippen molar-refractivity contribution in [3.8, 4) is 0 Å². The molecule has 4 amide bonds. The Morgan fingerprint density at radius 2 is 1.07 bits per heavy atom. The summed E-state index contributed by atoms with van der Waals surface area (Å²) >= 11 is 4.22. The first-order valence-electron chi connectivity index (χ1n) is 16.6. The topological polar surface area (TPSA) is 184 Å². The Labute approximate surface area is 270 Å². The van der Waals surface area contributed by atoms with Gasteiger partial charge in [0, 0.05) is 45.6 Å². The maximum Gasteiger partial charge on any atom is 0.239 e. The van der Waals surface area contributed by atoms with Gasteiger partial charge in [-0.05, 0) is 57.2 Å². The third-order valence-electron chi connectivity index (χ3n) is 6.84. The lowest BCUT2D eigenvalue weighted by Gasteiger charge is -2.15. The molecule has 1 unspecified atom stereocenters. The summed E-state index contributed by atoms with van der Waals surface area (Å²) in [6, 6.07) is -0.704. The van der Waals surface area contributed by atoms with Gasteiger partial charge in [0.1, 0.15) is 6.04 Å². The molecule has 7 N–H and O–H groups in total. The van der Waals surface area contributed by atoms with E-state index in [1.54, 1.807) is 0 Å².